The smallest absolute Gasteiger partial charge is 0.315 e. The van der Waals surface area contributed by atoms with E-state index in [2.05, 4.69) is 0 Å². The van der Waals surface area contributed by atoms with E-state index >= 15 is 0 Å². The fraction of sp³-hybridized carbons (Fsp3) is 0.417. The van der Waals surface area contributed by atoms with E-state index in [9.17, 15) is 26.4 Å². The molecular weight excluding hydrogens is 311 g/mol. The average molecular weight is 324 g/mol. The molecule has 0 saturated heterocycles. The van der Waals surface area contributed by atoms with Crippen LogP contribution in [0.3, 0.4) is 0 Å². The van der Waals surface area contributed by atoms with Crippen LogP contribution in [0.5, 0.6) is 0 Å². The average Bonchev–Trinajstić information content (AvgIpc) is 2.45. The van der Waals surface area contributed by atoms with Gasteiger partial charge in [-0.2, -0.15) is 8.78 Å². The number of halogens is 3. The zero-order chi connectivity index (χ0) is 16.8. The highest BCUT2D eigenvalue weighted by Crippen LogP contribution is 2.41. The van der Waals surface area contributed by atoms with Crippen LogP contribution in [0.15, 0.2) is 28.0 Å². The van der Waals surface area contributed by atoms with Gasteiger partial charge >= 0.3 is 6.40 Å². The summed E-state index contributed by atoms with van der Waals surface area (Å²) < 4.78 is 73.5. The second-order valence-electron chi connectivity index (χ2n) is 4.35. The van der Waals surface area contributed by atoms with E-state index in [0.717, 1.165) is 7.11 Å². The minimum atomic E-state index is -4.47. The summed E-state index contributed by atoms with van der Waals surface area (Å²) in [5.41, 5.74) is -2.25. The van der Waals surface area contributed by atoms with E-state index in [1.807, 2.05) is 0 Å². The maximum atomic E-state index is 12.8. The van der Waals surface area contributed by atoms with Crippen LogP contribution in [0.1, 0.15) is 13.4 Å². The van der Waals surface area contributed by atoms with Crippen molar-refractivity contribution in [1.29, 1.82) is 0 Å². The van der Waals surface area contributed by atoms with Crippen molar-refractivity contribution in [2.45, 2.75) is 28.3 Å². The van der Waals surface area contributed by atoms with Crippen LogP contribution in [0.25, 0.3) is 0 Å². The van der Waals surface area contributed by atoms with Crippen molar-refractivity contribution in [3.63, 3.8) is 0 Å². The number of ether oxygens (including phenoxy) is 1. The first-order chi connectivity index (χ1) is 10.1. The van der Waals surface area contributed by atoms with Crippen LogP contribution in [0.2, 0.25) is 0 Å². The first-order valence-corrected chi connectivity index (χ1v) is 7.28. The number of carbonyl (C=O) groups excluding carboxylic acids is 1. The van der Waals surface area contributed by atoms with Gasteiger partial charge in [0.1, 0.15) is 1.37 Å². The van der Waals surface area contributed by atoms with Crippen molar-refractivity contribution < 1.29 is 32.5 Å². The number of amides is 1. The van der Waals surface area contributed by atoms with Crippen LogP contribution < -0.4 is 5.32 Å². The zero-order valence-electron chi connectivity index (χ0n) is 11.8. The number of rotatable bonds is 6. The Morgan fingerprint density at radius 3 is 2.62 bits per heavy atom. The van der Waals surface area contributed by atoms with Gasteiger partial charge in [-0.15, -0.1) is 0 Å². The van der Waals surface area contributed by atoms with Crippen molar-refractivity contribution in [3.8, 4) is 0 Å². The molecule has 0 radical (unpaired) electrons. The summed E-state index contributed by atoms with van der Waals surface area (Å²) in [5, 5.41) is 1.74. The monoisotopic (exact) mass is 324 g/mol. The topological polar surface area (TPSA) is 72.5 Å². The molecule has 1 atom stereocenters. The maximum Gasteiger partial charge on any atom is 0.315 e. The lowest BCUT2D eigenvalue weighted by atomic mass is 9.98. The van der Waals surface area contributed by atoms with Crippen LogP contribution in [0, 0.1) is 0 Å². The van der Waals surface area contributed by atoms with Gasteiger partial charge in [-0.3, -0.25) is 9.18 Å². The van der Waals surface area contributed by atoms with Crippen molar-refractivity contribution in [2.75, 3.05) is 13.8 Å². The number of fused-ring (bicyclic) bond motifs is 2. The van der Waals surface area contributed by atoms with E-state index in [0.29, 0.717) is 0 Å². The Hall–Kier alpha value is -1.61. The summed E-state index contributed by atoms with van der Waals surface area (Å²) in [6, 6.07) is 3.73. The second kappa shape index (κ2) is 5.30. The summed E-state index contributed by atoms with van der Waals surface area (Å²) >= 11 is 0. The van der Waals surface area contributed by atoms with E-state index in [1.165, 1.54) is 18.2 Å². The third-order valence-corrected chi connectivity index (χ3v) is 5.06. The highest BCUT2D eigenvalue weighted by atomic mass is 32.2. The number of sulfone groups is 1. The summed E-state index contributed by atoms with van der Waals surface area (Å²) in [5.74, 6) is -2.02. The van der Waals surface area contributed by atoms with E-state index in [4.69, 9.17) is 6.11 Å². The standard InChI is InChI=1S/C12H12F3NO4S/c1-20-12(4-5-13,16-11(17)10(14)15)8-3-2-7-6-9(8)21(7,18)19/h2-3,6,10H,4-5H2,1H3,(H,16,17)/i10D. The number of hydrogen-bond donors (Lipinski definition) is 1. The Kier molecular flexibility index (Phi) is 3.62. The molecule has 1 aromatic carbocycles. The summed E-state index contributed by atoms with van der Waals surface area (Å²) in [6.45, 7) is -1.07. The molecule has 1 aromatic rings. The molecule has 2 aliphatic heterocycles. The number of benzene rings is 1. The summed E-state index contributed by atoms with van der Waals surface area (Å²) in [7, 11) is -2.71. The first-order valence-electron chi connectivity index (χ1n) is 6.29. The third kappa shape index (κ3) is 2.40. The normalized spacial score (nSPS) is 19.1. The van der Waals surface area contributed by atoms with Crippen LogP contribution in [-0.2, 0) is 25.1 Å². The van der Waals surface area contributed by atoms with Gasteiger partial charge in [0, 0.05) is 19.1 Å². The number of alkyl halides is 3. The Labute approximate surface area is 120 Å². The molecule has 3 rings (SSSR count). The van der Waals surface area contributed by atoms with Gasteiger partial charge in [0.2, 0.25) is 9.84 Å². The Bertz CT molecular complexity index is 716. The zero-order valence-corrected chi connectivity index (χ0v) is 11.6. The molecule has 2 aliphatic rings. The summed E-state index contributed by atoms with van der Waals surface area (Å²) in [4.78, 5) is 11.2. The molecule has 0 aliphatic carbocycles. The van der Waals surface area contributed by atoms with Crippen molar-refractivity contribution >= 4 is 15.7 Å². The lowest BCUT2D eigenvalue weighted by Crippen LogP contribution is -2.51. The Balaban J connectivity index is 2.51. The minimum absolute atomic E-state index is 0.0358. The number of methoxy groups -OCH3 is 1. The fourth-order valence-corrected chi connectivity index (χ4v) is 3.58. The van der Waals surface area contributed by atoms with Gasteiger partial charge in [0.25, 0.3) is 5.91 Å². The lowest BCUT2D eigenvalue weighted by Gasteiger charge is -2.36. The molecular formula is C12H12F3NO4S. The SMILES string of the molecule is [2H]C(F)(F)C(=O)NC(CCF)(OC)c1ccc2cc1S2(=O)=O. The van der Waals surface area contributed by atoms with Crippen LogP contribution in [-0.4, -0.2) is 34.5 Å². The molecule has 0 spiro atoms. The molecule has 0 saturated carbocycles. The molecule has 5 nitrogen and oxygen atoms in total. The predicted molar refractivity (Wildman–Crippen MR) is 65.3 cm³/mol. The number of hydrogen-bond acceptors (Lipinski definition) is 4. The van der Waals surface area contributed by atoms with Crippen LogP contribution >= 0.6 is 0 Å². The fourth-order valence-electron chi connectivity index (χ4n) is 2.19. The third-order valence-electron chi connectivity index (χ3n) is 3.27. The van der Waals surface area contributed by atoms with Gasteiger partial charge in [-0.1, -0.05) is 6.07 Å². The van der Waals surface area contributed by atoms with Gasteiger partial charge in [0.05, 0.1) is 16.5 Å². The van der Waals surface area contributed by atoms with Crippen molar-refractivity contribution in [1.82, 2.24) is 5.32 Å². The predicted octanol–water partition coefficient (Wildman–Crippen LogP) is 1.37. The highest BCUT2D eigenvalue weighted by molar-refractivity contribution is 7.92. The first kappa shape index (κ1) is 14.3. The van der Waals surface area contributed by atoms with Gasteiger partial charge in [-0.25, -0.2) is 8.42 Å². The molecule has 2 bridgehead atoms. The van der Waals surface area contributed by atoms with E-state index < -0.39 is 41.0 Å². The maximum absolute atomic E-state index is 12.8. The number of carbonyl (C=O) groups is 1. The molecule has 2 heterocycles. The summed E-state index contributed by atoms with van der Waals surface area (Å²) in [6.07, 6.45) is -5.06. The molecule has 1 N–H and O–H groups in total. The van der Waals surface area contributed by atoms with Gasteiger partial charge < -0.3 is 10.1 Å². The molecule has 9 heteroatoms. The van der Waals surface area contributed by atoms with Crippen molar-refractivity contribution in [2.24, 2.45) is 0 Å². The second-order valence-corrected chi connectivity index (χ2v) is 6.26. The Morgan fingerprint density at radius 1 is 1.52 bits per heavy atom. The largest absolute Gasteiger partial charge is 0.355 e. The van der Waals surface area contributed by atoms with E-state index in [-0.39, 0.29) is 15.4 Å². The minimum Gasteiger partial charge on any atom is -0.355 e. The van der Waals surface area contributed by atoms with Crippen LogP contribution in [0.4, 0.5) is 13.2 Å². The van der Waals surface area contributed by atoms with E-state index in [1.54, 1.807) is 5.32 Å². The molecule has 1 amide bonds. The quantitative estimate of drug-likeness (QED) is 0.815. The van der Waals surface area contributed by atoms with Gasteiger partial charge in [-0.05, 0) is 12.1 Å². The molecule has 116 valence electrons. The Morgan fingerprint density at radius 2 is 2.19 bits per heavy atom. The van der Waals surface area contributed by atoms with Gasteiger partial charge in [0.15, 0.2) is 5.72 Å². The molecule has 0 fully saturated rings. The molecule has 21 heavy (non-hydrogen) atoms. The highest BCUT2D eigenvalue weighted by Gasteiger charge is 2.43. The lowest BCUT2D eigenvalue weighted by molar-refractivity contribution is -0.144. The number of nitrogens with one attached hydrogen (secondary N) is 1. The molecule has 0 aromatic heterocycles. The van der Waals surface area contributed by atoms with Crippen molar-refractivity contribution in [3.05, 3.63) is 23.8 Å². The molecule has 1 unspecified atom stereocenters.